The van der Waals surface area contributed by atoms with Gasteiger partial charge in [0, 0.05) is 16.6 Å². The van der Waals surface area contributed by atoms with Gasteiger partial charge in [-0.1, -0.05) is 11.6 Å². The Morgan fingerprint density at radius 2 is 2.21 bits per heavy atom. The van der Waals surface area contributed by atoms with Gasteiger partial charge >= 0.3 is 0 Å². The molecule has 0 aliphatic rings. The van der Waals surface area contributed by atoms with Crippen molar-refractivity contribution < 1.29 is 4.92 Å². The molecule has 2 rings (SSSR count). The first kappa shape index (κ1) is 13.8. The lowest BCUT2D eigenvalue weighted by Crippen LogP contribution is -2.00. The first-order chi connectivity index (χ1) is 8.97. The van der Waals surface area contributed by atoms with Gasteiger partial charge in [-0.05, 0) is 26.0 Å². The highest BCUT2D eigenvalue weighted by Crippen LogP contribution is 2.28. The number of aryl methyl sites for hydroxylation is 2. The zero-order chi connectivity index (χ0) is 14.0. The lowest BCUT2D eigenvalue weighted by molar-refractivity contribution is -0.384. The molecule has 0 bridgehead atoms. The third-order valence-electron chi connectivity index (χ3n) is 2.60. The van der Waals surface area contributed by atoms with Crippen molar-refractivity contribution in [1.82, 2.24) is 4.98 Å². The summed E-state index contributed by atoms with van der Waals surface area (Å²) in [6, 6.07) is 4.68. The van der Waals surface area contributed by atoms with E-state index in [1.165, 1.54) is 12.1 Å². The first-order valence-electron chi connectivity index (χ1n) is 5.58. The van der Waals surface area contributed by atoms with Crippen LogP contribution in [0.5, 0.6) is 0 Å². The van der Waals surface area contributed by atoms with Crippen LogP contribution in [0.25, 0.3) is 0 Å². The van der Waals surface area contributed by atoms with Crippen LogP contribution in [0.3, 0.4) is 0 Å². The van der Waals surface area contributed by atoms with Crippen LogP contribution in [0.15, 0.2) is 18.2 Å². The molecule has 7 heteroatoms. The highest BCUT2D eigenvalue weighted by Gasteiger charge is 2.13. The molecule has 0 aliphatic carbocycles. The molecular formula is C12H12ClN3O2S. The number of anilines is 1. The number of rotatable bonds is 4. The minimum absolute atomic E-state index is 0.0936. The number of aromatic nitrogens is 1. The van der Waals surface area contributed by atoms with Crippen molar-refractivity contribution in [2.24, 2.45) is 0 Å². The van der Waals surface area contributed by atoms with Gasteiger partial charge in [0.25, 0.3) is 5.69 Å². The predicted molar refractivity (Wildman–Crippen MR) is 77.0 cm³/mol. The molecule has 100 valence electrons. The van der Waals surface area contributed by atoms with Gasteiger partial charge in [0.1, 0.15) is 5.02 Å². The molecule has 0 spiro atoms. The van der Waals surface area contributed by atoms with Gasteiger partial charge in [-0.25, -0.2) is 4.98 Å². The summed E-state index contributed by atoms with van der Waals surface area (Å²) in [6.07, 6.45) is 0. The van der Waals surface area contributed by atoms with Crippen LogP contribution in [-0.2, 0) is 6.54 Å². The van der Waals surface area contributed by atoms with Crippen molar-refractivity contribution in [2.45, 2.75) is 20.4 Å². The number of benzene rings is 1. The smallest absolute Gasteiger partial charge is 0.289 e. The van der Waals surface area contributed by atoms with Gasteiger partial charge in [-0.15, -0.1) is 11.3 Å². The summed E-state index contributed by atoms with van der Waals surface area (Å²) in [6.45, 7) is 4.50. The van der Waals surface area contributed by atoms with Crippen LogP contribution in [0.1, 0.15) is 15.6 Å². The van der Waals surface area contributed by atoms with Crippen molar-refractivity contribution >= 4 is 34.3 Å². The largest absolute Gasteiger partial charge is 0.380 e. The molecule has 0 saturated carbocycles. The monoisotopic (exact) mass is 297 g/mol. The molecular weight excluding hydrogens is 286 g/mol. The first-order valence-corrected chi connectivity index (χ1v) is 6.77. The molecule has 5 nitrogen and oxygen atoms in total. The molecule has 2 aromatic rings. The Morgan fingerprint density at radius 1 is 1.47 bits per heavy atom. The van der Waals surface area contributed by atoms with E-state index in [4.69, 9.17) is 11.6 Å². The summed E-state index contributed by atoms with van der Waals surface area (Å²) in [5, 5.41) is 15.1. The lowest BCUT2D eigenvalue weighted by atomic mass is 10.2. The number of nitrogens with zero attached hydrogens (tertiary/aromatic N) is 2. The molecule has 0 aliphatic heterocycles. The number of nitrogens with one attached hydrogen (secondary N) is 1. The Morgan fingerprint density at radius 3 is 2.79 bits per heavy atom. The van der Waals surface area contributed by atoms with E-state index in [2.05, 4.69) is 10.3 Å². The molecule has 0 radical (unpaired) electrons. The second kappa shape index (κ2) is 5.54. The van der Waals surface area contributed by atoms with Crippen LogP contribution in [0.4, 0.5) is 11.4 Å². The van der Waals surface area contributed by atoms with Gasteiger partial charge in [0.15, 0.2) is 0 Å². The van der Waals surface area contributed by atoms with Crippen molar-refractivity contribution in [3.05, 3.63) is 48.9 Å². The van der Waals surface area contributed by atoms with Crippen molar-refractivity contribution in [3.8, 4) is 0 Å². The Labute approximate surface area is 119 Å². The fourth-order valence-corrected chi connectivity index (χ4v) is 2.75. The molecule has 1 aromatic carbocycles. The molecule has 0 fully saturated rings. The van der Waals surface area contributed by atoms with E-state index in [1.807, 2.05) is 13.8 Å². The zero-order valence-corrected chi connectivity index (χ0v) is 12.0. The summed E-state index contributed by atoms with van der Waals surface area (Å²) in [5.41, 5.74) is 1.56. The minimum atomic E-state index is -0.490. The third kappa shape index (κ3) is 3.21. The fraction of sp³-hybridized carbons (Fsp3) is 0.250. The number of nitro groups is 1. The maximum Gasteiger partial charge on any atom is 0.289 e. The molecule has 1 N–H and O–H groups in total. The standard InChI is InChI=1S/C12H12ClN3O2S/c1-7-12(19-8(2)15-7)6-14-9-3-4-10(13)11(5-9)16(17)18/h3-5,14H,6H2,1-2H3. The van der Waals surface area contributed by atoms with Crippen LogP contribution in [0.2, 0.25) is 5.02 Å². The number of halogens is 1. The van der Waals surface area contributed by atoms with E-state index in [1.54, 1.807) is 17.4 Å². The SMILES string of the molecule is Cc1nc(C)c(CNc2ccc(Cl)c([N+](=O)[O-])c2)s1. The number of nitro benzene ring substituents is 1. The van der Waals surface area contributed by atoms with E-state index in [0.717, 1.165) is 15.6 Å². The number of hydrogen-bond donors (Lipinski definition) is 1. The topological polar surface area (TPSA) is 68.1 Å². The molecule has 0 amide bonds. The highest BCUT2D eigenvalue weighted by atomic mass is 35.5. The third-order valence-corrected chi connectivity index (χ3v) is 3.99. The maximum absolute atomic E-state index is 10.8. The van der Waals surface area contributed by atoms with E-state index < -0.39 is 4.92 Å². The molecule has 0 unspecified atom stereocenters. The average Bonchev–Trinajstić information content (AvgIpc) is 2.66. The van der Waals surface area contributed by atoms with Gasteiger partial charge < -0.3 is 5.32 Å². The van der Waals surface area contributed by atoms with E-state index in [0.29, 0.717) is 12.2 Å². The number of thiazole rings is 1. The quantitative estimate of drug-likeness (QED) is 0.685. The van der Waals surface area contributed by atoms with Gasteiger partial charge in [0.05, 0.1) is 22.2 Å². The van der Waals surface area contributed by atoms with Gasteiger partial charge in [-0.2, -0.15) is 0 Å². The Balaban J connectivity index is 2.14. The highest BCUT2D eigenvalue weighted by molar-refractivity contribution is 7.11. The molecule has 0 atom stereocenters. The maximum atomic E-state index is 10.8. The Kier molecular flexibility index (Phi) is 4.01. The van der Waals surface area contributed by atoms with Crippen LogP contribution in [0, 0.1) is 24.0 Å². The minimum Gasteiger partial charge on any atom is -0.380 e. The summed E-state index contributed by atoms with van der Waals surface area (Å²) < 4.78 is 0. The van der Waals surface area contributed by atoms with E-state index in [-0.39, 0.29) is 10.7 Å². The van der Waals surface area contributed by atoms with E-state index >= 15 is 0 Å². The Bertz CT molecular complexity index is 627. The summed E-state index contributed by atoms with van der Waals surface area (Å²) in [4.78, 5) is 15.8. The number of hydrogen-bond acceptors (Lipinski definition) is 5. The van der Waals surface area contributed by atoms with Gasteiger partial charge in [0.2, 0.25) is 0 Å². The van der Waals surface area contributed by atoms with Crippen LogP contribution in [-0.4, -0.2) is 9.91 Å². The average molecular weight is 298 g/mol. The molecule has 19 heavy (non-hydrogen) atoms. The van der Waals surface area contributed by atoms with Crippen molar-refractivity contribution in [1.29, 1.82) is 0 Å². The van der Waals surface area contributed by atoms with Crippen LogP contribution >= 0.6 is 22.9 Å². The summed E-state index contributed by atoms with van der Waals surface area (Å²) in [5.74, 6) is 0. The van der Waals surface area contributed by atoms with Crippen LogP contribution < -0.4 is 5.32 Å². The summed E-state index contributed by atoms with van der Waals surface area (Å²) >= 11 is 7.37. The van der Waals surface area contributed by atoms with Gasteiger partial charge in [-0.3, -0.25) is 10.1 Å². The second-order valence-corrected chi connectivity index (χ2v) is 5.71. The molecule has 1 heterocycles. The fourth-order valence-electron chi connectivity index (χ4n) is 1.68. The summed E-state index contributed by atoms with van der Waals surface area (Å²) in [7, 11) is 0. The molecule has 1 aromatic heterocycles. The predicted octanol–water partition coefficient (Wildman–Crippen LogP) is 3.93. The van der Waals surface area contributed by atoms with Crippen molar-refractivity contribution in [2.75, 3.05) is 5.32 Å². The second-order valence-electron chi connectivity index (χ2n) is 4.02. The lowest BCUT2D eigenvalue weighted by Gasteiger charge is -2.05. The van der Waals surface area contributed by atoms with E-state index in [9.17, 15) is 10.1 Å². The zero-order valence-electron chi connectivity index (χ0n) is 10.4. The van der Waals surface area contributed by atoms with Crippen molar-refractivity contribution in [3.63, 3.8) is 0 Å². The molecule has 0 saturated heterocycles. The Hall–Kier alpha value is -1.66. The normalized spacial score (nSPS) is 10.5.